The predicted molar refractivity (Wildman–Crippen MR) is 89.9 cm³/mol. The molecule has 0 aliphatic carbocycles. The van der Waals surface area contributed by atoms with Crippen LogP contribution < -0.4 is 4.72 Å². The summed E-state index contributed by atoms with van der Waals surface area (Å²) < 4.78 is 26.6. The lowest BCUT2D eigenvalue weighted by molar-refractivity contribution is -0.135. The molecule has 7 nitrogen and oxygen atoms in total. The summed E-state index contributed by atoms with van der Waals surface area (Å²) in [6.07, 6.45) is 0. The summed E-state index contributed by atoms with van der Waals surface area (Å²) in [5.74, 6) is -0.0466. The number of nitrogens with one attached hydrogen (secondary N) is 1. The molecule has 8 heteroatoms. The van der Waals surface area contributed by atoms with Gasteiger partial charge < -0.3 is 9.80 Å². The lowest BCUT2D eigenvalue weighted by atomic mass is 10.1. The SMILES string of the molecule is Cc1ccc(S(=O)(=O)NC(=O)N2CCN(C(=O)C(C)C)CC2)cc1. The van der Waals surface area contributed by atoms with E-state index in [9.17, 15) is 18.0 Å². The third-order valence-corrected chi connectivity index (χ3v) is 5.26. The molecule has 1 saturated heterocycles. The molecule has 132 valence electrons. The van der Waals surface area contributed by atoms with Crippen LogP contribution in [-0.2, 0) is 14.8 Å². The van der Waals surface area contributed by atoms with Gasteiger partial charge in [-0.3, -0.25) is 4.79 Å². The highest BCUT2D eigenvalue weighted by molar-refractivity contribution is 7.90. The Balaban J connectivity index is 1.96. The second-order valence-corrected chi connectivity index (χ2v) is 7.87. The highest BCUT2D eigenvalue weighted by atomic mass is 32.2. The zero-order valence-corrected chi connectivity index (χ0v) is 15.0. The number of aryl methyl sites for hydroxylation is 1. The average Bonchev–Trinajstić information content (AvgIpc) is 2.54. The molecule has 1 aromatic carbocycles. The lowest BCUT2D eigenvalue weighted by Gasteiger charge is -2.35. The third kappa shape index (κ3) is 4.25. The summed E-state index contributed by atoms with van der Waals surface area (Å²) in [7, 11) is -3.89. The molecule has 1 aliphatic rings. The zero-order chi connectivity index (χ0) is 17.9. The van der Waals surface area contributed by atoms with Gasteiger partial charge in [-0.05, 0) is 19.1 Å². The molecular formula is C16H23N3O4S. The van der Waals surface area contributed by atoms with Crippen molar-refractivity contribution in [1.29, 1.82) is 0 Å². The largest absolute Gasteiger partial charge is 0.339 e. The molecule has 1 aliphatic heterocycles. The van der Waals surface area contributed by atoms with Crippen LogP contribution in [0.2, 0.25) is 0 Å². The fraction of sp³-hybridized carbons (Fsp3) is 0.500. The van der Waals surface area contributed by atoms with Gasteiger partial charge >= 0.3 is 6.03 Å². The number of hydrogen-bond donors (Lipinski definition) is 1. The van der Waals surface area contributed by atoms with E-state index in [1.807, 2.05) is 20.8 Å². The van der Waals surface area contributed by atoms with Gasteiger partial charge in [-0.15, -0.1) is 0 Å². The number of carbonyl (C=O) groups excluding carboxylic acids is 2. The monoisotopic (exact) mass is 353 g/mol. The standard InChI is InChI=1S/C16H23N3O4S/c1-12(2)15(20)18-8-10-19(11-9-18)16(21)17-24(22,23)14-6-4-13(3)5-7-14/h4-7,12H,8-11H2,1-3H3,(H,17,21). The fourth-order valence-corrected chi connectivity index (χ4v) is 3.42. The van der Waals surface area contributed by atoms with Gasteiger partial charge in [-0.2, -0.15) is 0 Å². The Kier molecular flexibility index (Phi) is 5.48. The van der Waals surface area contributed by atoms with Crippen molar-refractivity contribution in [2.75, 3.05) is 26.2 Å². The van der Waals surface area contributed by atoms with Crippen LogP contribution in [0.15, 0.2) is 29.2 Å². The van der Waals surface area contributed by atoms with E-state index in [-0.39, 0.29) is 16.7 Å². The van der Waals surface area contributed by atoms with E-state index < -0.39 is 16.1 Å². The minimum atomic E-state index is -3.89. The van der Waals surface area contributed by atoms with Gasteiger partial charge in [0.05, 0.1) is 4.90 Å². The summed E-state index contributed by atoms with van der Waals surface area (Å²) in [6.45, 7) is 6.96. The molecule has 2 rings (SSSR count). The summed E-state index contributed by atoms with van der Waals surface area (Å²) >= 11 is 0. The summed E-state index contributed by atoms with van der Waals surface area (Å²) in [6, 6.07) is 5.62. The van der Waals surface area contributed by atoms with Gasteiger partial charge in [-0.25, -0.2) is 17.9 Å². The first kappa shape index (κ1) is 18.3. The van der Waals surface area contributed by atoms with Crippen molar-refractivity contribution in [1.82, 2.24) is 14.5 Å². The van der Waals surface area contributed by atoms with Gasteiger partial charge in [0.25, 0.3) is 10.0 Å². The maximum atomic E-state index is 12.2. The number of nitrogens with zero attached hydrogens (tertiary/aromatic N) is 2. The van der Waals surface area contributed by atoms with Gasteiger partial charge in [0.2, 0.25) is 5.91 Å². The quantitative estimate of drug-likeness (QED) is 0.884. The Morgan fingerprint density at radius 1 is 1.00 bits per heavy atom. The Bertz CT molecular complexity index is 705. The number of urea groups is 1. The van der Waals surface area contributed by atoms with Crippen LogP contribution in [0.5, 0.6) is 0 Å². The van der Waals surface area contributed by atoms with Crippen LogP contribution in [0, 0.1) is 12.8 Å². The smallest absolute Gasteiger partial charge is 0.331 e. The summed E-state index contributed by atoms with van der Waals surface area (Å²) in [5.41, 5.74) is 0.936. The number of piperazine rings is 1. The Hall–Kier alpha value is -2.09. The average molecular weight is 353 g/mol. The van der Waals surface area contributed by atoms with Gasteiger partial charge in [-0.1, -0.05) is 31.5 Å². The number of carbonyl (C=O) groups is 2. The number of amides is 3. The lowest BCUT2D eigenvalue weighted by Crippen LogP contribution is -2.54. The van der Waals surface area contributed by atoms with Crippen LogP contribution in [-0.4, -0.2) is 56.3 Å². The van der Waals surface area contributed by atoms with E-state index in [1.165, 1.54) is 17.0 Å². The minimum Gasteiger partial charge on any atom is -0.339 e. The molecule has 0 saturated carbocycles. The van der Waals surface area contributed by atoms with Crippen molar-refractivity contribution in [2.45, 2.75) is 25.7 Å². The molecule has 0 aromatic heterocycles. The van der Waals surface area contributed by atoms with E-state index in [1.54, 1.807) is 17.0 Å². The highest BCUT2D eigenvalue weighted by Crippen LogP contribution is 2.12. The summed E-state index contributed by atoms with van der Waals surface area (Å²) in [4.78, 5) is 27.3. The number of hydrogen-bond acceptors (Lipinski definition) is 4. The molecule has 0 unspecified atom stereocenters. The van der Waals surface area contributed by atoms with Gasteiger partial charge in [0, 0.05) is 32.1 Å². The third-order valence-electron chi connectivity index (χ3n) is 3.93. The molecular weight excluding hydrogens is 330 g/mol. The Morgan fingerprint density at radius 2 is 1.50 bits per heavy atom. The molecule has 0 radical (unpaired) electrons. The van der Waals surface area contributed by atoms with Crippen LogP contribution in [0.4, 0.5) is 4.79 Å². The first-order valence-corrected chi connectivity index (χ1v) is 9.36. The fourth-order valence-electron chi connectivity index (χ4n) is 2.45. The predicted octanol–water partition coefficient (Wildman–Crippen LogP) is 1.19. The van der Waals surface area contributed by atoms with Crippen LogP contribution in [0.25, 0.3) is 0 Å². The molecule has 0 atom stereocenters. The van der Waals surface area contributed by atoms with Gasteiger partial charge in [0.1, 0.15) is 0 Å². The Labute approximate surface area is 142 Å². The Morgan fingerprint density at radius 3 is 2.00 bits per heavy atom. The number of benzene rings is 1. The maximum absolute atomic E-state index is 12.2. The van der Waals surface area contributed by atoms with Crippen molar-refractivity contribution in [3.63, 3.8) is 0 Å². The molecule has 1 heterocycles. The zero-order valence-electron chi connectivity index (χ0n) is 14.2. The molecule has 0 bridgehead atoms. The van der Waals surface area contributed by atoms with Crippen LogP contribution in [0.3, 0.4) is 0 Å². The van der Waals surface area contributed by atoms with E-state index in [2.05, 4.69) is 4.72 Å². The maximum Gasteiger partial charge on any atom is 0.331 e. The number of rotatable bonds is 3. The van der Waals surface area contributed by atoms with E-state index in [0.29, 0.717) is 26.2 Å². The van der Waals surface area contributed by atoms with E-state index in [4.69, 9.17) is 0 Å². The topological polar surface area (TPSA) is 86.8 Å². The van der Waals surface area contributed by atoms with Crippen molar-refractivity contribution in [3.05, 3.63) is 29.8 Å². The molecule has 24 heavy (non-hydrogen) atoms. The van der Waals surface area contributed by atoms with E-state index in [0.717, 1.165) is 5.56 Å². The van der Waals surface area contributed by atoms with Crippen LogP contribution in [0.1, 0.15) is 19.4 Å². The van der Waals surface area contributed by atoms with Gasteiger partial charge in [0.15, 0.2) is 0 Å². The van der Waals surface area contributed by atoms with Crippen molar-refractivity contribution in [3.8, 4) is 0 Å². The van der Waals surface area contributed by atoms with Crippen LogP contribution >= 0.6 is 0 Å². The second-order valence-electron chi connectivity index (χ2n) is 6.19. The van der Waals surface area contributed by atoms with Crippen molar-refractivity contribution >= 4 is 22.0 Å². The van der Waals surface area contributed by atoms with Crippen molar-refractivity contribution in [2.24, 2.45) is 5.92 Å². The summed E-state index contributed by atoms with van der Waals surface area (Å²) in [5, 5.41) is 0. The minimum absolute atomic E-state index is 0.0438. The molecule has 1 N–H and O–H groups in total. The molecule has 1 aromatic rings. The first-order chi connectivity index (χ1) is 11.2. The van der Waals surface area contributed by atoms with Crippen molar-refractivity contribution < 1.29 is 18.0 Å². The molecule has 3 amide bonds. The normalized spacial score (nSPS) is 15.5. The first-order valence-electron chi connectivity index (χ1n) is 7.88. The molecule has 0 spiro atoms. The second kappa shape index (κ2) is 7.21. The number of sulfonamides is 1. The molecule has 1 fully saturated rings. The highest BCUT2D eigenvalue weighted by Gasteiger charge is 2.27. The van der Waals surface area contributed by atoms with E-state index >= 15 is 0 Å².